The summed E-state index contributed by atoms with van der Waals surface area (Å²) < 4.78 is 11.7. The van der Waals surface area contributed by atoms with E-state index in [-0.39, 0.29) is 12.4 Å². The zero-order chi connectivity index (χ0) is 8.10. The van der Waals surface area contributed by atoms with E-state index in [0.717, 1.165) is 4.90 Å². The van der Waals surface area contributed by atoms with Gasteiger partial charge in [0.2, 0.25) is 0 Å². The van der Waals surface area contributed by atoms with Gasteiger partial charge in [-0.1, -0.05) is 6.07 Å². The fraction of sp³-hybridized carbons (Fsp3) is 0.250. The molecule has 0 bridgehead atoms. The van der Waals surface area contributed by atoms with E-state index < -0.39 is 0 Å². The molecular formula is C8H9FOS. The Morgan fingerprint density at radius 1 is 1.45 bits per heavy atom. The maximum absolute atomic E-state index is 11.7. The minimum atomic E-state index is -0.333. The monoisotopic (exact) mass is 172 g/mol. The molecule has 1 aromatic carbocycles. The van der Waals surface area contributed by atoms with Crippen molar-refractivity contribution in [3.8, 4) is 5.75 Å². The number of rotatable bonds is 3. The lowest BCUT2D eigenvalue weighted by atomic mass is 10.3. The van der Waals surface area contributed by atoms with Crippen LogP contribution in [-0.2, 0) is 0 Å². The molecule has 1 aromatic rings. The second kappa shape index (κ2) is 4.23. The summed E-state index contributed by atoms with van der Waals surface area (Å²) in [5.74, 6) is 0.678. The molecule has 0 radical (unpaired) electrons. The summed E-state index contributed by atoms with van der Waals surface area (Å²) >= 11 is 1.40. The molecule has 0 aliphatic rings. The average Bonchev–Trinajstić information content (AvgIpc) is 2.01. The average molecular weight is 172 g/mol. The van der Waals surface area contributed by atoms with E-state index in [4.69, 9.17) is 5.11 Å². The molecule has 0 unspecified atom stereocenters. The van der Waals surface area contributed by atoms with Gasteiger partial charge in [-0.05, 0) is 18.2 Å². The fourth-order valence-corrected chi connectivity index (χ4v) is 1.42. The molecule has 11 heavy (non-hydrogen) atoms. The Hall–Kier alpha value is -0.700. The van der Waals surface area contributed by atoms with Gasteiger partial charge < -0.3 is 5.11 Å². The van der Waals surface area contributed by atoms with Crippen LogP contribution < -0.4 is 0 Å². The van der Waals surface area contributed by atoms with Crippen molar-refractivity contribution in [2.45, 2.75) is 4.90 Å². The van der Waals surface area contributed by atoms with Gasteiger partial charge in [0.25, 0.3) is 0 Å². The summed E-state index contributed by atoms with van der Waals surface area (Å²) in [6.07, 6.45) is 0. The molecule has 0 aromatic heterocycles. The van der Waals surface area contributed by atoms with Crippen molar-refractivity contribution >= 4 is 11.8 Å². The molecule has 60 valence electrons. The van der Waals surface area contributed by atoms with Gasteiger partial charge in [-0.15, -0.1) is 11.8 Å². The molecule has 0 atom stereocenters. The highest BCUT2D eigenvalue weighted by molar-refractivity contribution is 7.99. The van der Waals surface area contributed by atoms with Gasteiger partial charge in [-0.3, -0.25) is 4.39 Å². The van der Waals surface area contributed by atoms with Gasteiger partial charge in [0.1, 0.15) is 5.75 Å². The Kier molecular flexibility index (Phi) is 3.23. The van der Waals surface area contributed by atoms with Gasteiger partial charge in [0.15, 0.2) is 0 Å². The van der Waals surface area contributed by atoms with Crippen LogP contribution in [0.2, 0.25) is 0 Å². The molecule has 1 rings (SSSR count). The molecule has 0 amide bonds. The first kappa shape index (κ1) is 8.40. The van der Waals surface area contributed by atoms with Crippen molar-refractivity contribution in [1.82, 2.24) is 0 Å². The van der Waals surface area contributed by atoms with E-state index in [1.807, 2.05) is 6.07 Å². The number of phenolic OH excluding ortho intramolecular Hbond substituents is 1. The number of halogens is 1. The smallest absolute Gasteiger partial charge is 0.116 e. The highest BCUT2D eigenvalue weighted by atomic mass is 32.2. The van der Waals surface area contributed by atoms with Crippen molar-refractivity contribution in [2.24, 2.45) is 0 Å². The van der Waals surface area contributed by atoms with Crippen LogP contribution in [0.1, 0.15) is 0 Å². The molecule has 0 aliphatic carbocycles. The number of aromatic hydroxyl groups is 1. The maximum Gasteiger partial charge on any atom is 0.116 e. The standard InChI is InChI=1S/C8H9FOS/c9-4-5-11-8-3-1-2-7(10)6-8/h1-3,6,10H,4-5H2. The molecule has 0 spiro atoms. The molecule has 0 saturated carbocycles. The third-order valence-corrected chi connectivity index (χ3v) is 2.11. The number of alkyl halides is 1. The van der Waals surface area contributed by atoms with E-state index >= 15 is 0 Å². The Labute approximate surface area is 69.2 Å². The maximum atomic E-state index is 11.7. The lowest BCUT2D eigenvalue weighted by Crippen LogP contribution is -1.79. The summed E-state index contributed by atoms with van der Waals surface area (Å²) in [6, 6.07) is 6.82. The van der Waals surface area contributed by atoms with E-state index in [1.165, 1.54) is 11.8 Å². The van der Waals surface area contributed by atoms with Gasteiger partial charge in [-0.25, -0.2) is 0 Å². The fourth-order valence-electron chi connectivity index (χ4n) is 0.730. The summed E-state index contributed by atoms with van der Waals surface area (Å²) in [5.41, 5.74) is 0. The molecule has 1 nitrogen and oxygen atoms in total. The highest BCUT2D eigenvalue weighted by Crippen LogP contribution is 2.21. The van der Waals surface area contributed by atoms with Crippen molar-refractivity contribution in [1.29, 1.82) is 0 Å². The van der Waals surface area contributed by atoms with Crippen molar-refractivity contribution in [3.63, 3.8) is 0 Å². The van der Waals surface area contributed by atoms with E-state index in [0.29, 0.717) is 5.75 Å². The Morgan fingerprint density at radius 3 is 2.91 bits per heavy atom. The van der Waals surface area contributed by atoms with Crippen LogP contribution in [-0.4, -0.2) is 17.5 Å². The van der Waals surface area contributed by atoms with E-state index in [9.17, 15) is 4.39 Å². The van der Waals surface area contributed by atoms with Gasteiger partial charge in [0.05, 0.1) is 6.67 Å². The van der Waals surface area contributed by atoms with Crippen LogP contribution in [0.25, 0.3) is 0 Å². The zero-order valence-corrected chi connectivity index (χ0v) is 6.77. The van der Waals surface area contributed by atoms with E-state index in [1.54, 1.807) is 18.2 Å². The molecule has 3 heteroatoms. The predicted molar refractivity (Wildman–Crippen MR) is 44.8 cm³/mol. The number of phenols is 1. The Morgan fingerprint density at radius 2 is 2.27 bits per heavy atom. The molecule has 0 saturated heterocycles. The first-order valence-electron chi connectivity index (χ1n) is 3.31. The molecule has 0 fully saturated rings. The third kappa shape index (κ3) is 2.80. The van der Waals surface area contributed by atoms with Gasteiger partial charge in [0, 0.05) is 10.6 Å². The first-order valence-corrected chi connectivity index (χ1v) is 4.29. The van der Waals surface area contributed by atoms with Crippen LogP contribution in [0.15, 0.2) is 29.2 Å². The van der Waals surface area contributed by atoms with Crippen molar-refractivity contribution in [2.75, 3.05) is 12.4 Å². The van der Waals surface area contributed by atoms with Gasteiger partial charge in [-0.2, -0.15) is 0 Å². The molecular weight excluding hydrogens is 163 g/mol. The van der Waals surface area contributed by atoms with Crippen molar-refractivity contribution < 1.29 is 9.50 Å². The lowest BCUT2D eigenvalue weighted by molar-refractivity contribution is 0.474. The normalized spacial score (nSPS) is 9.91. The second-order valence-corrected chi connectivity index (χ2v) is 3.20. The molecule has 0 heterocycles. The first-order chi connectivity index (χ1) is 5.33. The molecule has 0 aliphatic heterocycles. The van der Waals surface area contributed by atoms with Crippen LogP contribution in [0.5, 0.6) is 5.75 Å². The number of benzene rings is 1. The third-order valence-electron chi connectivity index (χ3n) is 1.16. The summed E-state index contributed by atoms with van der Waals surface area (Å²) in [7, 11) is 0. The SMILES string of the molecule is Oc1cccc(SCCF)c1. The molecule has 1 N–H and O–H groups in total. The Balaban J connectivity index is 2.56. The summed E-state index contributed by atoms with van der Waals surface area (Å²) in [5, 5.41) is 9.01. The van der Waals surface area contributed by atoms with Gasteiger partial charge >= 0.3 is 0 Å². The lowest BCUT2D eigenvalue weighted by Gasteiger charge is -1.97. The number of hydrogen-bond acceptors (Lipinski definition) is 2. The van der Waals surface area contributed by atoms with Crippen LogP contribution >= 0.6 is 11.8 Å². The Bertz CT molecular complexity index is 227. The highest BCUT2D eigenvalue weighted by Gasteiger charge is 1.93. The number of thioether (sulfide) groups is 1. The quantitative estimate of drug-likeness (QED) is 0.707. The van der Waals surface area contributed by atoms with Crippen molar-refractivity contribution in [3.05, 3.63) is 24.3 Å². The minimum absolute atomic E-state index is 0.230. The van der Waals surface area contributed by atoms with Crippen LogP contribution in [0, 0.1) is 0 Å². The largest absolute Gasteiger partial charge is 0.508 e. The summed E-state index contributed by atoms with van der Waals surface area (Å²) in [4.78, 5) is 0.905. The van der Waals surface area contributed by atoms with Crippen LogP contribution in [0.3, 0.4) is 0 Å². The predicted octanol–water partition coefficient (Wildman–Crippen LogP) is 2.45. The summed E-state index contributed by atoms with van der Waals surface area (Å²) in [6.45, 7) is -0.333. The minimum Gasteiger partial charge on any atom is -0.508 e. The zero-order valence-electron chi connectivity index (χ0n) is 5.96. The number of hydrogen-bond donors (Lipinski definition) is 1. The van der Waals surface area contributed by atoms with E-state index in [2.05, 4.69) is 0 Å². The topological polar surface area (TPSA) is 20.2 Å². The van der Waals surface area contributed by atoms with Crippen LogP contribution in [0.4, 0.5) is 4.39 Å². The second-order valence-electron chi connectivity index (χ2n) is 2.03.